The molecule has 2 fully saturated rings. The fourth-order valence-electron chi connectivity index (χ4n) is 2.75. The number of amides is 1. The predicted octanol–water partition coefficient (Wildman–Crippen LogP) is 2.35. The molecule has 1 aromatic rings. The molecule has 1 atom stereocenters. The smallest absolute Gasteiger partial charge is 0.238 e. The van der Waals surface area contributed by atoms with Crippen LogP contribution < -0.4 is 0 Å². The molecule has 4 nitrogen and oxygen atoms in total. The minimum Gasteiger partial charge on any atom is -0.370 e. The van der Waals surface area contributed by atoms with E-state index in [0.29, 0.717) is 25.3 Å². The third kappa shape index (κ3) is 2.78. The van der Waals surface area contributed by atoms with Gasteiger partial charge in [-0.3, -0.25) is 4.79 Å². The molecule has 0 unspecified atom stereocenters. The van der Waals surface area contributed by atoms with Crippen molar-refractivity contribution in [3.05, 3.63) is 35.4 Å². The van der Waals surface area contributed by atoms with Crippen molar-refractivity contribution in [1.82, 2.24) is 4.90 Å². The molecule has 1 aliphatic carbocycles. The zero-order chi connectivity index (χ0) is 14.9. The molecule has 5 heteroatoms. The molecule has 110 valence electrons. The number of carbonyl (C=O) groups is 1. The van der Waals surface area contributed by atoms with Gasteiger partial charge in [-0.25, -0.2) is 0 Å². The second-order valence-corrected chi connectivity index (χ2v) is 6.74. The molecule has 1 amide bonds. The van der Waals surface area contributed by atoms with Crippen molar-refractivity contribution in [3.8, 4) is 6.07 Å². The highest BCUT2D eigenvalue weighted by Gasteiger charge is 2.51. The Labute approximate surface area is 129 Å². The molecule has 0 radical (unpaired) electrons. The first-order valence-electron chi connectivity index (χ1n) is 7.15. The van der Waals surface area contributed by atoms with Gasteiger partial charge in [0.15, 0.2) is 0 Å². The monoisotopic (exact) mass is 302 g/mol. The van der Waals surface area contributed by atoms with Gasteiger partial charge in [0.1, 0.15) is 6.10 Å². The highest BCUT2D eigenvalue weighted by molar-refractivity contribution is 8.01. The lowest BCUT2D eigenvalue weighted by Gasteiger charge is -2.35. The Balaban J connectivity index is 1.74. The number of rotatable bonds is 3. The summed E-state index contributed by atoms with van der Waals surface area (Å²) in [7, 11) is 0. The SMILES string of the molecule is CSC1(C(=O)N2CCO[C@H](c3cccc(C#N)c3)C2)CC1. The Morgan fingerprint density at radius 3 is 3.00 bits per heavy atom. The normalized spacial score (nSPS) is 23.4. The van der Waals surface area contributed by atoms with Gasteiger partial charge >= 0.3 is 0 Å². The van der Waals surface area contributed by atoms with Crippen molar-refractivity contribution in [1.29, 1.82) is 5.26 Å². The maximum absolute atomic E-state index is 12.6. The van der Waals surface area contributed by atoms with Crippen molar-refractivity contribution in [3.63, 3.8) is 0 Å². The summed E-state index contributed by atoms with van der Waals surface area (Å²) in [6.07, 6.45) is 3.85. The molecule has 1 heterocycles. The van der Waals surface area contributed by atoms with Crippen LogP contribution in [0.4, 0.5) is 0 Å². The Hall–Kier alpha value is -1.51. The lowest BCUT2D eigenvalue weighted by Crippen LogP contribution is -2.46. The van der Waals surface area contributed by atoms with Crippen molar-refractivity contribution in [2.24, 2.45) is 0 Å². The molecule has 1 saturated heterocycles. The number of ether oxygens (including phenoxy) is 1. The van der Waals surface area contributed by atoms with E-state index in [1.165, 1.54) is 0 Å². The highest BCUT2D eigenvalue weighted by atomic mass is 32.2. The lowest BCUT2D eigenvalue weighted by atomic mass is 10.0. The number of carbonyl (C=O) groups excluding carboxylic acids is 1. The Kier molecular flexibility index (Phi) is 3.92. The number of morpholine rings is 1. The molecule has 1 aromatic carbocycles. The molecule has 3 rings (SSSR count). The fraction of sp³-hybridized carbons (Fsp3) is 0.500. The number of hydrogen-bond donors (Lipinski definition) is 0. The standard InChI is InChI=1S/C16H18N2O2S/c1-21-16(5-6-16)15(19)18-7-8-20-14(11-18)13-4-2-3-12(9-13)10-17/h2-4,9,14H,5-8,11H2,1H3/t14-/m0/s1. The van der Waals surface area contributed by atoms with Crippen LogP contribution in [0.1, 0.15) is 30.1 Å². The van der Waals surface area contributed by atoms with Gasteiger partial charge < -0.3 is 9.64 Å². The summed E-state index contributed by atoms with van der Waals surface area (Å²) in [5.41, 5.74) is 1.60. The van der Waals surface area contributed by atoms with E-state index < -0.39 is 0 Å². The number of benzene rings is 1. The molecule has 21 heavy (non-hydrogen) atoms. The Morgan fingerprint density at radius 2 is 2.33 bits per heavy atom. The Morgan fingerprint density at radius 1 is 1.52 bits per heavy atom. The van der Waals surface area contributed by atoms with Crippen molar-refractivity contribution < 1.29 is 9.53 Å². The van der Waals surface area contributed by atoms with Crippen LogP contribution in [0.15, 0.2) is 24.3 Å². The first kappa shape index (κ1) is 14.4. The van der Waals surface area contributed by atoms with Gasteiger partial charge in [0.2, 0.25) is 5.91 Å². The summed E-state index contributed by atoms with van der Waals surface area (Å²) in [6, 6.07) is 9.59. The van der Waals surface area contributed by atoms with Gasteiger partial charge in [0.25, 0.3) is 0 Å². The van der Waals surface area contributed by atoms with E-state index in [1.54, 1.807) is 17.8 Å². The molecule has 0 N–H and O–H groups in total. The minimum absolute atomic E-state index is 0.131. The predicted molar refractivity (Wildman–Crippen MR) is 81.9 cm³/mol. The number of nitrogens with zero attached hydrogens (tertiary/aromatic N) is 2. The van der Waals surface area contributed by atoms with Gasteiger partial charge in [-0.05, 0) is 36.8 Å². The number of hydrogen-bond acceptors (Lipinski definition) is 4. The van der Waals surface area contributed by atoms with Crippen LogP contribution in [0, 0.1) is 11.3 Å². The molecule has 1 aliphatic heterocycles. The summed E-state index contributed by atoms with van der Waals surface area (Å²) in [5.74, 6) is 0.250. The molecule has 2 aliphatic rings. The van der Waals surface area contributed by atoms with Gasteiger partial charge in [0.05, 0.1) is 29.5 Å². The molecule has 0 spiro atoms. The third-order valence-electron chi connectivity index (χ3n) is 4.23. The fourth-order valence-corrected chi connectivity index (χ4v) is 3.56. The largest absolute Gasteiger partial charge is 0.370 e. The lowest BCUT2D eigenvalue weighted by molar-refractivity contribution is -0.139. The molecular formula is C16H18N2O2S. The molecule has 0 aromatic heterocycles. The summed E-state index contributed by atoms with van der Waals surface area (Å²) in [5, 5.41) is 8.99. The van der Waals surface area contributed by atoms with Gasteiger partial charge in [0, 0.05) is 6.54 Å². The molecule has 0 bridgehead atoms. The minimum atomic E-state index is -0.170. The summed E-state index contributed by atoms with van der Waals surface area (Å²) < 4.78 is 5.63. The van der Waals surface area contributed by atoms with Crippen LogP contribution in [-0.4, -0.2) is 41.5 Å². The summed E-state index contributed by atoms with van der Waals surface area (Å²) >= 11 is 1.67. The van der Waals surface area contributed by atoms with E-state index in [0.717, 1.165) is 18.4 Å². The quantitative estimate of drug-likeness (QED) is 0.860. The zero-order valence-electron chi connectivity index (χ0n) is 12.0. The molecular weight excluding hydrogens is 284 g/mol. The van der Waals surface area contributed by atoms with Crippen LogP contribution in [0.25, 0.3) is 0 Å². The van der Waals surface area contributed by atoms with Crippen molar-refractivity contribution in [2.75, 3.05) is 26.0 Å². The first-order valence-corrected chi connectivity index (χ1v) is 8.37. The van der Waals surface area contributed by atoms with Gasteiger partial charge in [-0.1, -0.05) is 12.1 Å². The average Bonchev–Trinajstić information content (AvgIpc) is 3.35. The van der Waals surface area contributed by atoms with Gasteiger partial charge in [-0.15, -0.1) is 11.8 Å². The van der Waals surface area contributed by atoms with Gasteiger partial charge in [-0.2, -0.15) is 5.26 Å². The summed E-state index contributed by atoms with van der Waals surface area (Å²) in [6.45, 7) is 1.79. The highest BCUT2D eigenvalue weighted by Crippen LogP contribution is 2.48. The van der Waals surface area contributed by atoms with E-state index in [-0.39, 0.29) is 16.8 Å². The maximum Gasteiger partial charge on any atom is 0.238 e. The van der Waals surface area contributed by atoms with E-state index in [9.17, 15) is 4.79 Å². The van der Waals surface area contributed by atoms with E-state index in [1.807, 2.05) is 29.4 Å². The van der Waals surface area contributed by atoms with Crippen molar-refractivity contribution >= 4 is 17.7 Å². The van der Waals surface area contributed by atoms with E-state index >= 15 is 0 Å². The second-order valence-electron chi connectivity index (χ2n) is 5.55. The Bertz CT molecular complexity index is 592. The number of thioether (sulfide) groups is 1. The van der Waals surface area contributed by atoms with Crippen molar-refractivity contribution in [2.45, 2.75) is 23.7 Å². The number of nitriles is 1. The van der Waals surface area contributed by atoms with Crippen LogP contribution >= 0.6 is 11.8 Å². The van der Waals surface area contributed by atoms with Crippen LogP contribution in [0.5, 0.6) is 0 Å². The maximum atomic E-state index is 12.6. The van der Waals surface area contributed by atoms with Crippen LogP contribution in [-0.2, 0) is 9.53 Å². The zero-order valence-corrected chi connectivity index (χ0v) is 12.9. The van der Waals surface area contributed by atoms with Crippen LogP contribution in [0.2, 0.25) is 0 Å². The van der Waals surface area contributed by atoms with E-state index in [4.69, 9.17) is 10.00 Å². The topological polar surface area (TPSA) is 53.3 Å². The first-order chi connectivity index (χ1) is 10.2. The molecule has 1 saturated carbocycles. The average molecular weight is 302 g/mol. The summed E-state index contributed by atoms with van der Waals surface area (Å²) in [4.78, 5) is 14.5. The second kappa shape index (κ2) is 5.70. The van der Waals surface area contributed by atoms with Crippen LogP contribution in [0.3, 0.4) is 0 Å². The third-order valence-corrected chi connectivity index (χ3v) is 5.59. The van der Waals surface area contributed by atoms with E-state index in [2.05, 4.69) is 6.07 Å².